The van der Waals surface area contributed by atoms with Crippen LogP contribution in [0.3, 0.4) is 0 Å². The molecule has 1 atom stereocenters. The van der Waals surface area contributed by atoms with Gasteiger partial charge in [0.05, 0.1) is 12.6 Å². The lowest BCUT2D eigenvalue weighted by Crippen LogP contribution is -2.68. The van der Waals surface area contributed by atoms with Crippen molar-refractivity contribution in [2.45, 2.75) is 56.3 Å². The molecule has 2 spiro atoms. The third-order valence-corrected chi connectivity index (χ3v) is 7.39. The van der Waals surface area contributed by atoms with E-state index in [2.05, 4.69) is 10.1 Å². The molecule has 5 nitrogen and oxygen atoms in total. The first-order valence-electron chi connectivity index (χ1n) is 10.1. The number of carbonyl (C=O) groups excluding carboxylic acids is 1. The SMILES string of the molecule is COC1CCC2(CC1)Cc1ccc(OC(F)(F)C(F)F)cc1C21NC(=S)N(C)CC1=O. The summed E-state index contributed by atoms with van der Waals surface area (Å²) >= 11 is 5.46. The van der Waals surface area contributed by atoms with Crippen molar-refractivity contribution >= 4 is 23.1 Å². The molecular weight excluding hydrogens is 436 g/mol. The zero-order chi connectivity index (χ0) is 22.6. The van der Waals surface area contributed by atoms with Crippen molar-refractivity contribution in [2.24, 2.45) is 5.41 Å². The maximum Gasteiger partial charge on any atom is 0.461 e. The first-order valence-corrected chi connectivity index (χ1v) is 10.5. The van der Waals surface area contributed by atoms with E-state index in [-0.39, 0.29) is 18.4 Å². The van der Waals surface area contributed by atoms with Gasteiger partial charge in [0, 0.05) is 19.6 Å². The van der Waals surface area contributed by atoms with E-state index >= 15 is 0 Å². The van der Waals surface area contributed by atoms with Crippen LogP contribution in [0.5, 0.6) is 5.75 Å². The van der Waals surface area contributed by atoms with E-state index in [4.69, 9.17) is 17.0 Å². The number of likely N-dealkylation sites (N-methyl/N-ethyl adjacent to an activating group) is 1. The van der Waals surface area contributed by atoms with Crippen molar-refractivity contribution in [3.63, 3.8) is 0 Å². The quantitative estimate of drug-likeness (QED) is 0.547. The van der Waals surface area contributed by atoms with Crippen molar-refractivity contribution in [1.29, 1.82) is 0 Å². The molecule has 3 aliphatic rings. The van der Waals surface area contributed by atoms with Gasteiger partial charge < -0.3 is 19.7 Å². The summed E-state index contributed by atoms with van der Waals surface area (Å²) in [6, 6.07) is 4.13. The van der Waals surface area contributed by atoms with Crippen LogP contribution >= 0.6 is 12.2 Å². The number of carbonyl (C=O) groups is 1. The zero-order valence-electron chi connectivity index (χ0n) is 17.2. The molecule has 0 amide bonds. The van der Waals surface area contributed by atoms with Crippen LogP contribution in [0.4, 0.5) is 17.6 Å². The molecule has 0 aromatic heterocycles. The second-order valence-corrected chi connectivity index (χ2v) is 9.02. The average molecular weight is 460 g/mol. The molecule has 1 aromatic carbocycles. The lowest BCUT2D eigenvalue weighted by molar-refractivity contribution is -0.253. The Balaban J connectivity index is 1.80. The van der Waals surface area contributed by atoms with Gasteiger partial charge in [0.15, 0.2) is 10.9 Å². The lowest BCUT2D eigenvalue weighted by Gasteiger charge is -2.52. The summed E-state index contributed by atoms with van der Waals surface area (Å²) < 4.78 is 62.2. The van der Waals surface area contributed by atoms with Gasteiger partial charge in [0.25, 0.3) is 0 Å². The van der Waals surface area contributed by atoms with E-state index in [1.54, 1.807) is 25.1 Å². The fourth-order valence-corrected chi connectivity index (χ4v) is 5.63. The largest absolute Gasteiger partial charge is 0.461 e. The van der Waals surface area contributed by atoms with Gasteiger partial charge in [-0.1, -0.05) is 6.07 Å². The predicted octanol–water partition coefficient (Wildman–Crippen LogP) is 3.64. The standard InChI is InChI=1S/C21H24F4N2O3S/c1-27-11-16(28)20(26-18(27)31)15-9-14(30-21(24,25)17(22)23)4-3-12(15)10-19(20)7-5-13(29-2)6-8-19/h3-4,9,13,17H,5-8,10-11H2,1-2H3,(H,26,31). The number of hydrogen-bond acceptors (Lipinski definition) is 4. The first kappa shape index (κ1) is 22.3. The average Bonchev–Trinajstić information content (AvgIpc) is 2.96. The van der Waals surface area contributed by atoms with Crippen molar-refractivity contribution in [3.8, 4) is 5.75 Å². The fraction of sp³-hybridized carbons (Fsp3) is 0.619. The van der Waals surface area contributed by atoms with Crippen LogP contribution in [0.25, 0.3) is 0 Å². The molecule has 2 fully saturated rings. The summed E-state index contributed by atoms with van der Waals surface area (Å²) in [5, 5.41) is 3.61. The number of nitrogens with zero attached hydrogens (tertiary/aromatic N) is 1. The second kappa shape index (κ2) is 7.58. The maximum atomic E-state index is 13.6. The minimum Gasteiger partial charge on any atom is -0.428 e. The van der Waals surface area contributed by atoms with E-state index in [1.807, 2.05) is 0 Å². The van der Waals surface area contributed by atoms with Gasteiger partial charge in [-0.15, -0.1) is 0 Å². The topological polar surface area (TPSA) is 50.8 Å². The molecule has 1 heterocycles. The maximum absolute atomic E-state index is 13.6. The monoisotopic (exact) mass is 460 g/mol. The number of hydrogen-bond donors (Lipinski definition) is 1. The number of nitrogens with one attached hydrogen (secondary N) is 1. The molecule has 1 aliphatic heterocycles. The Morgan fingerprint density at radius 1 is 1.29 bits per heavy atom. The summed E-state index contributed by atoms with van der Waals surface area (Å²) in [7, 11) is 3.36. The van der Waals surface area contributed by atoms with Crippen molar-refractivity contribution in [2.75, 3.05) is 20.7 Å². The van der Waals surface area contributed by atoms with Crippen LogP contribution in [0.1, 0.15) is 36.8 Å². The molecule has 1 saturated heterocycles. The van der Waals surface area contributed by atoms with Crippen molar-refractivity contribution in [1.82, 2.24) is 10.2 Å². The van der Waals surface area contributed by atoms with Crippen LogP contribution in [-0.2, 0) is 21.5 Å². The fourth-order valence-electron chi connectivity index (χ4n) is 5.42. The van der Waals surface area contributed by atoms with E-state index in [0.717, 1.165) is 18.4 Å². The Hall–Kier alpha value is -1.94. The van der Waals surface area contributed by atoms with Crippen LogP contribution in [0.2, 0.25) is 0 Å². The number of ketones is 1. The third kappa shape index (κ3) is 3.38. The molecular formula is C21H24F4N2O3S. The van der Waals surface area contributed by atoms with Gasteiger partial charge >= 0.3 is 12.5 Å². The predicted molar refractivity (Wildman–Crippen MR) is 108 cm³/mol. The van der Waals surface area contributed by atoms with Crippen LogP contribution in [0.15, 0.2) is 18.2 Å². The smallest absolute Gasteiger partial charge is 0.428 e. The Morgan fingerprint density at radius 3 is 2.58 bits per heavy atom. The number of alkyl halides is 4. The van der Waals surface area contributed by atoms with E-state index < -0.39 is 29.2 Å². The van der Waals surface area contributed by atoms with E-state index in [9.17, 15) is 22.4 Å². The van der Waals surface area contributed by atoms with Crippen molar-refractivity contribution < 1.29 is 31.8 Å². The van der Waals surface area contributed by atoms with Gasteiger partial charge in [-0.3, -0.25) is 4.79 Å². The highest BCUT2D eigenvalue weighted by atomic mass is 32.1. The molecule has 10 heteroatoms. The number of rotatable bonds is 4. The third-order valence-electron chi connectivity index (χ3n) is 6.98. The number of ether oxygens (including phenoxy) is 2. The summed E-state index contributed by atoms with van der Waals surface area (Å²) in [6.45, 7) is 0.0685. The van der Waals surface area contributed by atoms with Gasteiger partial charge in [-0.25, -0.2) is 0 Å². The summed E-state index contributed by atoms with van der Waals surface area (Å²) in [5.74, 6) is -0.540. The summed E-state index contributed by atoms with van der Waals surface area (Å²) in [6.07, 6.45) is -5.12. The lowest BCUT2D eigenvalue weighted by atomic mass is 9.59. The molecule has 31 heavy (non-hydrogen) atoms. The van der Waals surface area contributed by atoms with E-state index in [0.29, 0.717) is 29.9 Å². The molecule has 1 N–H and O–H groups in total. The van der Waals surface area contributed by atoms with Gasteiger partial charge in [0.2, 0.25) is 0 Å². The Bertz CT molecular complexity index is 905. The summed E-state index contributed by atoms with van der Waals surface area (Å²) in [4.78, 5) is 15.2. The molecule has 170 valence electrons. The minimum atomic E-state index is -4.63. The molecule has 1 saturated carbocycles. The van der Waals surface area contributed by atoms with Crippen LogP contribution in [0, 0.1) is 5.41 Å². The highest BCUT2D eigenvalue weighted by Crippen LogP contribution is 2.59. The number of benzene rings is 1. The van der Waals surface area contributed by atoms with Crippen molar-refractivity contribution in [3.05, 3.63) is 29.3 Å². The van der Waals surface area contributed by atoms with E-state index in [1.165, 1.54) is 12.1 Å². The Kier molecular flexibility index (Phi) is 5.44. The molecule has 0 bridgehead atoms. The highest BCUT2D eigenvalue weighted by molar-refractivity contribution is 7.80. The number of Topliss-reactive ketones (excluding diaryl/α,β-unsaturated/α-hetero) is 1. The number of thiocarbonyl (C=S) groups is 1. The van der Waals surface area contributed by atoms with Gasteiger partial charge in [-0.2, -0.15) is 17.6 Å². The van der Waals surface area contributed by atoms with Crippen LogP contribution in [-0.4, -0.2) is 55.1 Å². The molecule has 1 unspecified atom stereocenters. The summed E-state index contributed by atoms with van der Waals surface area (Å²) in [5.41, 5.74) is -0.455. The number of halogens is 4. The zero-order valence-corrected chi connectivity index (χ0v) is 18.0. The number of fused-ring (bicyclic) bond motifs is 3. The van der Waals surface area contributed by atoms with Gasteiger partial charge in [0.1, 0.15) is 11.3 Å². The van der Waals surface area contributed by atoms with Crippen LogP contribution < -0.4 is 10.1 Å². The molecule has 4 rings (SSSR count). The second-order valence-electron chi connectivity index (χ2n) is 8.64. The number of methoxy groups -OCH3 is 1. The molecule has 2 aliphatic carbocycles. The molecule has 1 aromatic rings. The normalized spacial score (nSPS) is 30.8. The Morgan fingerprint density at radius 2 is 1.97 bits per heavy atom. The molecule has 0 radical (unpaired) electrons. The first-order chi connectivity index (χ1) is 14.5. The highest BCUT2D eigenvalue weighted by Gasteiger charge is 2.64. The Labute approximate surface area is 183 Å². The minimum absolute atomic E-state index is 0.0685. The van der Waals surface area contributed by atoms with Gasteiger partial charge in [-0.05, 0) is 67.6 Å².